The van der Waals surface area contributed by atoms with Gasteiger partial charge in [0.05, 0.1) is 0 Å². The molecule has 2 aromatic rings. The number of carboxylic acids is 2. The van der Waals surface area contributed by atoms with Crippen LogP contribution in [0.5, 0.6) is 0 Å². The molecule has 8 N–H and O–H groups in total. The Morgan fingerprint density at radius 2 is 1.89 bits per heavy atom. The van der Waals surface area contributed by atoms with Crippen LogP contribution >= 0.6 is 0 Å². The predicted octanol–water partition coefficient (Wildman–Crippen LogP) is 2.34. The van der Waals surface area contributed by atoms with Crippen LogP contribution in [0.1, 0.15) is 65.4 Å². The van der Waals surface area contributed by atoms with Gasteiger partial charge in [-0.15, -0.1) is 6.58 Å². The van der Waals surface area contributed by atoms with Gasteiger partial charge in [0.15, 0.2) is 0 Å². The molecule has 2 heterocycles. The van der Waals surface area contributed by atoms with Crippen LogP contribution < -0.4 is 22.1 Å². The molecular formula is C24H30N6O5. The van der Waals surface area contributed by atoms with E-state index in [1.807, 2.05) is 18.2 Å². The summed E-state index contributed by atoms with van der Waals surface area (Å²) in [6.07, 6.45) is 3.71. The summed E-state index contributed by atoms with van der Waals surface area (Å²) < 4.78 is 0. The second-order valence-corrected chi connectivity index (χ2v) is 8.52. The number of hydrogen-bond donors (Lipinski definition) is 6. The number of nitrogens with zero attached hydrogens (tertiary/aromatic N) is 2. The normalized spacial score (nSPS) is 15.9. The first-order valence-corrected chi connectivity index (χ1v) is 11.3. The number of aromatic nitrogens is 2. The van der Waals surface area contributed by atoms with Gasteiger partial charge in [0.1, 0.15) is 17.7 Å². The van der Waals surface area contributed by atoms with Gasteiger partial charge in [-0.05, 0) is 49.3 Å². The second-order valence-electron chi connectivity index (χ2n) is 8.52. The van der Waals surface area contributed by atoms with E-state index in [1.54, 1.807) is 12.1 Å². The molecule has 1 aliphatic rings. The standard InChI is InChI=1S/C24H30N6O5/c1-2-3-13(6-9-16-12-27-21-19(16)20(25)29-24(26)30-21)14-4-7-15(8-5-14)22(33)28-17(23(34)35)10-11-18(31)32/h2,4-5,7-8,13,16-17H,1,3,6,9-12H2,(H,28,33)(H,31,32)(H,34,35)(H5,25,26,27,29,30)/t13?,16?,17-/m0/s1. The molecule has 186 valence electrons. The number of carboxylic acid groups (broad SMARTS) is 2. The van der Waals surface area contributed by atoms with Crippen LogP contribution in [0, 0.1) is 0 Å². The molecule has 0 saturated carbocycles. The third-order valence-corrected chi connectivity index (χ3v) is 6.13. The maximum absolute atomic E-state index is 12.5. The van der Waals surface area contributed by atoms with Crippen molar-refractivity contribution in [3.63, 3.8) is 0 Å². The zero-order valence-corrected chi connectivity index (χ0v) is 19.2. The van der Waals surface area contributed by atoms with Crippen LogP contribution in [-0.2, 0) is 9.59 Å². The number of allylic oxidation sites excluding steroid dienone is 1. The van der Waals surface area contributed by atoms with Gasteiger partial charge >= 0.3 is 11.9 Å². The molecule has 11 nitrogen and oxygen atoms in total. The summed E-state index contributed by atoms with van der Waals surface area (Å²) in [7, 11) is 0. The number of fused-ring (bicyclic) bond motifs is 1. The smallest absolute Gasteiger partial charge is 0.326 e. The van der Waals surface area contributed by atoms with Gasteiger partial charge in [0, 0.05) is 30.0 Å². The highest BCUT2D eigenvalue weighted by molar-refractivity contribution is 5.96. The van der Waals surface area contributed by atoms with Crippen LogP contribution in [0.3, 0.4) is 0 Å². The number of carbonyl (C=O) groups excluding carboxylic acids is 1. The van der Waals surface area contributed by atoms with Crippen molar-refractivity contribution >= 4 is 35.4 Å². The Hall–Kier alpha value is -4.15. The second kappa shape index (κ2) is 11.3. The first kappa shape index (κ1) is 25.5. The van der Waals surface area contributed by atoms with Gasteiger partial charge in [-0.2, -0.15) is 9.97 Å². The molecular weight excluding hydrogens is 452 g/mol. The lowest BCUT2D eigenvalue weighted by Crippen LogP contribution is -2.41. The van der Waals surface area contributed by atoms with Gasteiger partial charge in [-0.25, -0.2) is 4.79 Å². The van der Waals surface area contributed by atoms with Crippen molar-refractivity contribution in [1.29, 1.82) is 0 Å². The zero-order valence-electron chi connectivity index (χ0n) is 19.2. The topological polar surface area (TPSA) is 194 Å². The van der Waals surface area contributed by atoms with Crippen molar-refractivity contribution in [2.45, 2.75) is 50.0 Å². The van der Waals surface area contributed by atoms with E-state index in [0.29, 0.717) is 23.7 Å². The molecule has 35 heavy (non-hydrogen) atoms. The summed E-state index contributed by atoms with van der Waals surface area (Å²) >= 11 is 0. The highest BCUT2D eigenvalue weighted by Crippen LogP contribution is 2.39. The van der Waals surface area contributed by atoms with Crippen LogP contribution in [0.25, 0.3) is 0 Å². The number of anilines is 3. The number of benzene rings is 1. The first-order chi connectivity index (χ1) is 16.7. The molecule has 1 amide bonds. The van der Waals surface area contributed by atoms with E-state index in [2.05, 4.69) is 27.2 Å². The lowest BCUT2D eigenvalue weighted by atomic mass is 9.86. The lowest BCUT2D eigenvalue weighted by molar-refractivity contribution is -0.140. The molecule has 1 aliphatic heterocycles. The summed E-state index contributed by atoms with van der Waals surface area (Å²) in [6, 6.07) is 5.68. The zero-order chi connectivity index (χ0) is 25.5. The summed E-state index contributed by atoms with van der Waals surface area (Å²) in [6.45, 7) is 4.56. The maximum Gasteiger partial charge on any atom is 0.326 e. The average Bonchev–Trinajstić information content (AvgIpc) is 3.22. The Morgan fingerprint density at radius 3 is 2.51 bits per heavy atom. The number of aliphatic carboxylic acids is 2. The third kappa shape index (κ3) is 6.46. The highest BCUT2D eigenvalue weighted by Gasteiger charge is 2.28. The molecule has 11 heteroatoms. The van der Waals surface area contributed by atoms with Gasteiger partial charge in [0.2, 0.25) is 5.95 Å². The Bertz CT molecular complexity index is 1100. The van der Waals surface area contributed by atoms with Crippen molar-refractivity contribution < 1.29 is 24.6 Å². The minimum Gasteiger partial charge on any atom is -0.481 e. The van der Waals surface area contributed by atoms with Gasteiger partial charge < -0.3 is 32.3 Å². The fourth-order valence-electron chi connectivity index (χ4n) is 4.31. The molecule has 0 saturated heterocycles. The van der Waals surface area contributed by atoms with Gasteiger partial charge in [0.25, 0.3) is 5.91 Å². The van der Waals surface area contributed by atoms with Crippen molar-refractivity contribution in [2.75, 3.05) is 23.3 Å². The Balaban J connectivity index is 1.65. The van der Waals surface area contributed by atoms with Crippen molar-refractivity contribution in [3.05, 3.63) is 53.6 Å². The number of nitrogens with one attached hydrogen (secondary N) is 2. The van der Waals surface area contributed by atoms with Crippen LogP contribution in [-0.4, -0.2) is 50.6 Å². The SMILES string of the molecule is C=CCC(CCC1CNc2nc(N)nc(N)c21)c1ccc(C(=O)N[C@@H](CCC(=O)O)C(=O)O)cc1. The molecule has 0 bridgehead atoms. The average molecular weight is 483 g/mol. The largest absolute Gasteiger partial charge is 0.481 e. The number of amides is 1. The van der Waals surface area contributed by atoms with E-state index in [9.17, 15) is 19.5 Å². The molecule has 3 atom stereocenters. The minimum atomic E-state index is -1.28. The van der Waals surface area contributed by atoms with Crippen LogP contribution in [0.15, 0.2) is 36.9 Å². The quantitative estimate of drug-likeness (QED) is 0.244. The molecule has 1 aromatic carbocycles. The predicted molar refractivity (Wildman–Crippen MR) is 131 cm³/mol. The number of nitrogens with two attached hydrogens (primary N) is 2. The molecule has 3 rings (SSSR count). The number of carbonyl (C=O) groups is 3. The van der Waals surface area contributed by atoms with Gasteiger partial charge in [-0.1, -0.05) is 18.2 Å². The summed E-state index contributed by atoms with van der Waals surface area (Å²) in [5, 5.41) is 23.7. The van der Waals surface area contributed by atoms with Gasteiger partial charge in [-0.3, -0.25) is 9.59 Å². The molecule has 0 spiro atoms. The Morgan fingerprint density at radius 1 is 1.17 bits per heavy atom. The number of rotatable bonds is 12. The van der Waals surface area contributed by atoms with Crippen LogP contribution in [0.2, 0.25) is 0 Å². The maximum atomic E-state index is 12.5. The van der Waals surface area contributed by atoms with E-state index < -0.39 is 23.9 Å². The fraction of sp³-hybridized carbons (Fsp3) is 0.375. The van der Waals surface area contributed by atoms with E-state index >= 15 is 0 Å². The lowest BCUT2D eigenvalue weighted by Gasteiger charge is -2.19. The van der Waals surface area contributed by atoms with Crippen molar-refractivity contribution in [3.8, 4) is 0 Å². The first-order valence-electron chi connectivity index (χ1n) is 11.3. The number of nitrogen functional groups attached to an aromatic ring is 2. The van der Waals surface area contributed by atoms with Crippen LogP contribution in [0.4, 0.5) is 17.6 Å². The fourth-order valence-corrected chi connectivity index (χ4v) is 4.31. The molecule has 0 radical (unpaired) electrons. The Labute approximate surface area is 202 Å². The third-order valence-electron chi connectivity index (χ3n) is 6.13. The Kier molecular flexibility index (Phi) is 8.24. The summed E-state index contributed by atoms with van der Waals surface area (Å²) in [5.41, 5.74) is 14.0. The van der Waals surface area contributed by atoms with E-state index in [4.69, 9.17) is 16.6 Å². The molecule has 1 aromatic heterocycles. The molecule has 0 fully saturated rings. The summed E-state index contributed by atoms with van der Waals surface area (Å²) in [5.74, 6) is -1.45. The van der Waals surface area contributed by atoms with E-state index in [-0.39, 0.29) is 30.6 Å². The highest BCUT2D eigenvalue weighted by atomic mass is 16.4. The van der Waals surface area contributed by atoms with E-state index in [1.165, 1.54) is 0 Å². The molecule has 0 aliphatic carbocycles. The monoisotopic (exact) mass is 482 g/mol. The number of hydrogen-bond acceptors (Lipinski definition) is 8. The van der Waals surface area contributed by atoms with E-state index in [0.717, 1.165) is 30.4 Å². The summed E-state index contributed by atoms with van der Waals surface area (Å²) in [4.78, 5) is 42.9. The van der Waals surface area contributed by atoms with Crippen molar-refractivity contribution in [1.82, 2.24) is 15.3 Å². The van der Waals surface area contributed by atoms with Crippen molar-refractivity contribution in [2.24, 2.45) is 0 Å². The molecule has 2 unspecified atom stereocenters. The minimum absolute atomic E-state index is 0.139.